The van der Waals surface area contributed by atoms with Crippen molar-refractivity contribution in [1.29, 1.82) is 0 Å². The van der Waals surface area contributed by atoms with Gasteiger partial charge in [-0.3, -0.25) is 4.79 Å². The molecule has 180 valence electrons. The summed E-state index contributed by atoms with van der Waals surface area (Å²) >= 11 is 1.81. The number of thioether (sulfide) groups is 1. The summed E-state index contributed by atoms with van der Waals surface area (Å²) in [4.78, 5) is 12.1. The average molecular weight is 466 g/mol. The zero-order chi connectivity index (χ0) is 23.1. The molecule has 3 rings (SSSR count). The van der Waals surface area contributed by atoms with Gasteiger partial charge in [-0.2, -0.15) is 0 Å². The van der Waals surface area contributed by atoms with Crippen molar-refractivity contribution < 1.29 is 23.7 Å². The molecule has 0 aliphatic carbocycles. The van der Waals surface area contributed by atoms with Crippen LogP contribution in [0, 0.1) is 0 Å². The Balaban J connectivity index is 1.80. The molecule has 2 fully saturated rings. The van der Waals surface area contributed by atoms with Crippen molar-refractivity contribution in [3.63, 3.8) is 0 Å². The lowest BCUT2D eigenvalue weighted by Crippen LogP contribution is -2.66. The first kappa shape index (κ1) is 25.5. The zero-order valence-corrected chi connectivity index (χ0v) is 20.9. The summed E-state index contributed by atoms with van der Waals surface area (Å²) in [6, 6.07) is 9.65. The number of carbonyl (C=O) groups excluding carboxylic acids is 1. The maximum atomic E-state index is 12.1. The fourth-order valence-electron chi connectivity index (χ4n) is 4.16. The van der Waals surface area contributed by atoms with Gasteiger partial charge in [-0.05, 0) is 6.42 Å². The highest BCUT2D eigenvalue weighted by Crippen LogP contribution is 2.42. The van der Waals surface area contributed by atoms with E-state index in [1.165, 1.54) is 12.8 Å². The first-order valence-electron chi connectivity index (χ1n) is 11.8. The normalized spacial score (nSPS) is 30.5. The summed E-state index contributed by atoms with van der Waals surface area (Å²) in [5.74, 6) is -0.0946. The second-order valence-corrected chi connectivity index (χ2v) is 11.6. The monoisotopic (exact) mass is 465 g/mol. The number of nitrogens with one attached hydrogen (secondary N) is 1. The highest BCUT2D eigenvalue weighted by atomic mass is 32.2. The van der Waals surface area contributed by atoms with E-state index in [0.717, 1.165) is 18.4 Å². The Kier molecular flexibility index (Phi) is 9.44. The highest BCUT2D eigenvalue weighted by molar-refractivity contribution is 8.01. The molecule has 1 N–H and O–H groups in total. The van der Waals surface area contributed by atoms with E-state index in [1.807, 2.05) is 30.3 Å². The van der Waals surface area contributed by atoms with Gasteiger partial charge in [0.2, 0.25) is 5.91 Å². The van der Waals surface area contributed by atoms with E-state index >= 15 is 0 Å². The number of fused-ring (bicyclic) bond motifs is 1. The lowest BCUT2D eigenvalue weighted by atomic mass is 9.98. The second-order valence-electron chi connectivity index (χ2n) is 9.57. The molecule has 2 aliphatic rings. The summed E-state index contributed by atoms with van der Waals surface area (Å²) in [6.45, 7) is 11.3. The number of amides is 1. The number of rotatable bonds is 9. The molecule has 2 heterocycles. The van der Waals surface area contributed by atoms with E-state index in [1.54, 1.807) is 18.7 Å². The van der Waals surface area contributed by atoms with E-state index in [9.17, 15) is 4.79 Å². The van der Waals surface area contributed by atoms with Crippen LogP contribution in [0.3, 0.4) is 0 Å². The summed E-state index contributed by atoms with van der Waals surface area (Å²) in [7, 11) is 0. The third kappa shape index (κ3) is 7.19. The molecule has 2 aliphatic heterocycles. The van der Waals surface area contributed by atoms with Crippen LogP contribution in [0.5, 0.6) is 0 Å². The van der Waals surface area contributed by atoms with E-state index in [0.29, 0.717) is 13.2 Å². The molecule has 1 aromatic carbocycles. The van der Waals surface area contributed by atoms with E-state index < -0.39 is 12.6 Å². The maximum absolute atomic E-state index is 12.1. The third-order valence-corrected chi connectivity index (χ3v) is 7.09. The fourth-order valence-corrected chi connectivity index (χ4v) is 5.69. The van der Waals surface area contributed by atoms with Crippen molar-refractivity contribution in [2.24, 2.45) is 0 Å². The Bertz CT molecular complexity index is 710. The first-order valence-corrected chi connectivity index (χ1v) is 12.7. The second kappa shape index (κ2) is 11.8. The van der Waals surface area contributed by atoms with Crippen LogP contribution in [0.15, 0.2) is 30.3 Å². The molecule has 0 aromatic heterocycles. The van der Waals surface area contributed by atoms with Crippen LogP contribution in [0.1, 0.15) is 72.2 Å². The maximum Gasteiger partial charge on any atom is 0.217 e. The van der Waals surface area contributed by atoms with Crippen LogP contribution in [0.2, 0.25) is 0 Å². The van der Waals surface area contributed by atoms with Crippen molar-refractivity contribution in [2.45, 2.75) is 101 Å². The molecule has 32 heavy (non-hydrogen) atoms. The van der Waals surface area contributed by atoms with Crippen molar-refractivity contribution in [3.8, 4) is 0 Å². The Morgan fingerprint density at radius 3 is 2.56 bits per heavy atom. The van der Waals surface area contributed by atoms with Gasteiger partial charge in [0, 0.05) is 23.8 Å². The largest absolute Gasteiger partial charge is 0.350 e. The van der Waals surface area contributed by atoms with Gasteiger partial charge in [0.15, 0.2) is 12.6 Å². The van der Waals surface area contributed by atoms with Crippen molar-refractivity contribution in [3.05, 3.63) is 35.9 Å². The number of hydrogen-bond acceptors (Lipinski definition) is 6. The number of hydrogen-bond donors (Lipinski definition) is 1. The lowest BCUT2D eigenvalue weighted by molar-refractivity contribution is -0.319. The summed E-state index contributed by atoms with van der Waals surface area (Å²) in [5, 5.41) is 3.08. The Morgan fingerprint density at radius 2 is 1.91 bits per heavy atom. The number of ether oxygens (including phenoxy) is 4. The van der Waals surface area contributed by atoms with Crippen LogP contribution < -0.4 is 5.32 Å². The topological polar surface area (TPSA) is 66.0 Å². The molecule has 1 unspecified atom stereocenters. The Hall–Kier alpha value is -1.12. The van der Waals surface area contributed by atoms with Crippen molar-refractivity contribution >= 4 is 17.7 Å². The smallest absolute Gasteiger partial charge is 0.217 e. The van der Waals surface area contributed by atoms with Gasteiger partial charge in [-0.15, -0.1) is 11.8 Å². The van der Waals surface area contributed by atoms with Crippen LogP contribution in [0.25, 0.3) is 0 Å². The quantitative estimate of drug-likeness (QED) is 0.527. The van der Waals surface area contributed by atoms with Gasteiger partial charge in [-0.1, -0.05) is 77.3 Å². The molecular weight excluding hydrogens is 426 g/mol. The minimum absolute atomic E-state index is 0.0289. The highest BCUT2D eigenvalue weighted by Gasteiger charge is 2.51. The zero-order valence-electron chi connectivity index (χ0n) is 20.0. The van der Waals surface area contributed by atoms with Gasteiger partial charge in [0.1, 0.15) is 12.2 Å². The molecule has 2 saturated heterocycles. The van der Waals surface area contributed by atoms with Gasteiger partial charge in [-0.25, -0.2) is 0 Å². The van der Waals surface area contributed by atoms with Gasteiger partial charge in [0.25, 0.3) is 0 Å². The first-order chi connectivity index (χ1) is 15.3. The van der Waals surface area contributed by atoms with Crippen molar-refractivity contribution in [1.82, 2.24) is 5.32 Å². The minimum Gasteiger partial charge on any atom is -0.350 e. The summed E-state index contributed by atoms with van der Waals surface area (Å²) in [5.41, 5.74) is 0.982. The lowest BCUT2D eigenvalue weighted by Gasteiger charge is -2.50. The van der Waals surface area contributed by atoms with Crippen LogP contribution >= 0.6 is 11.8 Å². The molecule has 0 spiro atoms. The van der Waals surface area contributed by atoms with Crippen LogP contribution in [-0.4, -0.2) is 53.7 Å². The van der Waals surface area contributed by atoms with Crippen LogP contribution in [0.4, 0.5) is 0 Å². The number of unbranched alkanes of at least 4 members (excludes halogenated alkanes) is 3. The van der Waals surface area contributed by atoms with Gasteiger partial charge >= 0.3 is 0 Å². The summed E-state index contributed by atoms with van der Waals surface area (Å²) < 4.78 is 25.0. The molecular formula is C25H39NO5S. The third-order valence-electron chi connectivity index (χ3n) is 5.55. The predicted octanol–water partition coefficient (Wildman–Crippen LogP) is 4.83. The van der Waals surface area contributed by atoms with E-state index in [-0.39, 0.29) is 34.2 Å². The van der Waals surface area contributed by atoms with Crippen molar-refractivity contribution in [2.75, 3.05) is 13.2 Å². The number of carbonyl (C=O) groups is 1. The molecule has 1 amide bonds. The van der Waals surface area contributed by atoms with Gasteiger partial charge < -0.3 is 24.3 Å². The molecule has 7 heteroatoms. The molecule has 0 saturated carbocycles. The van der Waals surface area contributed by atoms with E-state index in [4.69, 9.17) is 18.9 Å². The number of benzene rings is 1. The molecule has 1 aromatic rings. The SMILES string of the molecule is CCCCCCO[C@@H]1O[C@@H]2COC(c3ccccc3)O[C@H]2[C@H](SC(C)(C)C)[C@H]1NC(C)=O. The van der Waals surface area contributed by atoms with E-state index in [2.05, 4.69) is 33.0 Å². The summed E-state index contributed by atoms with van der Waals surface area (Å²) in [6.07, 6.45) is 3.03. The predicted molar refractivity (Wildman–Crippen MR) is 127 cm³/mol. The molecule has 6 nitrogen and oxygen atoms in total. The standard InChI is InChI=1S/C25H39NO5S/c1-6-7-8-12-15-28-24-20(26-17(2)27)22(32-25(3,4)5)21-19(30-24)16-29-23(31-21)18-13-10-9-11-14-18/h9-11,13-14,19-24H,6-8,12,15-16H2,1-5H3,(H,26,27)/t19-,20-,21-,22-,23?,24-/m1/s1. The Morgan fingerprint density at radius 1 is 1.16 bits per heavy atom. The Labute approximate surface area is 197 Å². The molecule has 0 bridgehead atoms. The molecule has 6 atom stereocenters. The van der Waals surface area contributed by atoms with Crippen LogP contribution in [-0.2, 0) is 23.7 Å². The molecule has 0 radical (unpaired) electrons. The minimum atomic E-state index is -0.526. The average Bonchev–Trinajstić information content (AvgIpc) is 2.75. The van der Waals surface area contributed by atoms with Gasteiger partial charge in [0.05, 0.1) is 17.9 Å². The fraction of sp³-hybridized carbons (Fsp3) is 0.720.